The second-order valence-electron chi connectivity index (χ2n) is 6.35. The number of hydrogen-bond acceptors (Lipinski definition) is 7. The van der Waals surface area contributed by atoms with Crippen molar-refractivity contribution in [3.05, 3.63) is 60.9 Å². The first-order valence-corrected chi connectivity index (χ1v) is 10.4. The summed E-state index contributed by atoms with van der Waals surface area (Å²) in [5, 5.41) is 12.1. The van der Waals surface area contributed by atoms with Crippen LogP contribution in [-0.2, 0) is 14.8 Å². The number of carbonyl (C=O) groups is 1. The molecule has 0 fully saturated rings. The van der Waals surface area contributed by atoms with Gasteiger partial charge in [-0.1, -0.05) is 12.1 Å². The predicted octanol–water partition coefficient (Wildman–Crippen LogP) is 2.16. The minimum atomic E-state index is -3.89. The van der Waals surface area contributed by atoms with Gasteiger partial charge in [0.05, 0.1) is 36.1 Å². The first-order valence-electron chi connectivity index (χ1n) is 8.87. The smallest absolute Gasteiger partial charge is 0.242 e. The molecule has 30 heavy (non-hydrogen) atoms. The molecule has 0 aliphatic rings. The lowest BCUT2D eigenvalue weighted by molar-refractivity contribution is -0.117. The van der Waals surface area contributed by atoms with Gasteiger partial charge in [-0.25, -0.2) is 18.4 Å². The van der Waals surface area contributed by atoms with Crippen LogP contribution in [0.1, 0.15) is 6.92 Å². The van der Waals surface area contributed by atoms with E-state index in [4.69, 9.17) is 4.74 Å². The fraction of sp³-hybridized carbons (Fsp3) is 0.150. The number of amides is 1. The molecule has 0 aliphatic carbocycles. The SMILES string of the molecule is COc1ccc(S(=O)(=O)N[C@@H](C)C(=O)Nc2cnc(-c3cccc(O)c3)nc2)cc1. The molecular formula is C20H20N4O5S. The summed E-state index contributed by atoms with van der Waals surface area (Å²) < 4.78 is 32.2. The third kappa shape index (κ3) is 5.10. The molecule has 0 radical (unpaired) electrons. The van der Waals surface area contributed by atoms with Crippen molar-refractivity contribution in [2.45, 2.75) is 17.9 Å². The summed E-state index contributed by atoms with van der Waals surface area (Å²) in [6, 6.07) is 11.2. The minimum absolute atomic E-state index is 0.0155. The van der Waals surface area contributed by atoms with E-state index in [1.807, 2.05) is 0 Å². The number of anilines is 1. The zero-order valence-electron chi connectivity index (χ0n) is 16.2. The molecule has 1 heterocycles. The summed E-state index contributed by atoms with van der Waals surface area (Å²) in [7, 11) is -2.41. The Kier molecular flexibility index (Phi) is 6.28. The molecule has 3 N–H and O–H groups in total. The number of rotatable bonds is 7. The molecule has 0 aliphatic heterocycles. The van der Waals surface area contributed by atoms with Crippen LogP contribution in [0.3, 0.4) is 0 Å². The Bertz CT molecular complexity index is 1130. The highest BCUT2D eigenvalue weighted by Gasteiger charge is 2.22. The van der Waals surface area contributed by atoms with Gasteiger partial charge in [-0.05, 0) is 43.3 Å². The Hall–Kier alpha value is -3.50. The quantitative estimate of drug-likeness (QED) is 0.526. The number of sulfonamides is 1. The van der Waals surface area contributed by atoms with Crippen LogP contribution in [0.25, 0.3) is 11.4 Å². The molecule has 9 nitrogen and oxygen atoms in total. The van der Waals surface area contributed by atoms with Crippen LogP contribution in [0.2, 0.25) is 0 Å². The number of carbonyl (C=O) groups excluding carboxylic acids is 1. The number of ether oxygens (including phenoxy) is 1. The highest BCUT2D eigenvalue weighted by Crippen LogP contribution is 2.20. The fourth-order valence-electron chi connectivity index (χ4n) is 2.55. The van der Waals surface area contributed by atoms with E-state index in [9.17, 15) is 18.3 Å². The normalized spacial score (nSPS) is 12.2. The van der Waals surface area contributed by atoms with E-state index in [-0.39, 0.29) is 10.6 Å². The molecule has 0 saturated carbocycles. The Morgan fingerprint density at radius 3 is 2.37 bits per heavy atom. The van der Waals surface area contributed by atoms with Gasteiger partial charge in [0.25, 0.3) is 0 Å². The van der Waals surface area contributed by atoms with Crippen molar-refractivity contribution in [1.29, 1.82) is 0 Å². The van der Waals surface area contributed by atoms with Crippen molar-refractivity contribution >= 4 is 21.6 Å². The number of hydrogen-bond donors (Lipinski definition) is 3. The third-order valence-corrected chi connectivity index (χ3v) is 5.68. The van der Waals surface area contributed by atoms with Gasteiger partial charge >= 0.3 is 0 Å². The van der Waals surface area contributed by atoms with E-state index in [1.165, 1.54) is 62.8 Å². The Morgan fingerprint density at radius 2 is 1.77 bits per heavy atom. The number of phenolic OH excluding ortho intramolecular Hbond substituents is 1. The predicted molar refractivity (Wildman–Crippen MR) is 111 cm³/mol. The van der Waals surface area contributed by atoms with E-state index < -0.39 is 22.0 Å². The molecule has 3 rings (SSSR count). The van der Waals surface area contributed by atoms with E-state index in [2.05, 4.69) is 20.0 Å². The van der Waals surface area contributed by atoms with Crippen LogP contribution in [0.15, 0.2) is 65.8 Å². The lowest BCUT2D eigenvalue weighted by Crippen LogP contribution is -2.41. The maximum Gasteiger partial charge on any atom is 0.242 e. The highest BCUT2D eigenvalue weighted by molar-refractivity contribution is 7.89. The molecule has 1 aromatic heterocycles. The zero-order chi connectivity index (χ0) is 21.7. The van der Waals surface area contributed by atoms with Crippen LogP contribution in [0.5, 0.6) is 11.5 Å². The van der Waals surface area contributed by atoms with Crippen molar-refractivity contribution in [2.24, 2.45) is 0 Å². The molecule has 1 amide bonds. The van der Waals surface area contributed by atoms with Crippen molar-refractivity contribution in [3.8, 4) is 22.9 Å². The highest BCUT2D eigenvalue weighted by atomic mass is 32.2. The van der Waals surface area contributed by atoms with Crippen molar-refractivity contribution < 1.29 is 23.1 Å². The van der Waals surface area contributed by atoms with Gasteiger partial charge < -0.3 is 15.2 Å². The molecule has 0 saturated heterocycles. The summed E-state index contributed by atoms with van der Waals surface area (Å²) in [5.41, 5.74) is 0.924. The van der Waals surface area contributed by atoms with Gasteiger partial charge in [0, 0.05) is 5.56 Å². The van der Waals surface area contributed by atoms with Crippen molar-refractivity contribution in [1.82, 2.24) is 14.7 Å². The fourth-order valence-corrected chi connectivity index (χ4v) is 3.75. The number of aromatic nitrogens is 2. The van der Waals surface area contributed by atoms with E-state index >= 15 is 0 Å². The van der Waals surface area contributed by atoms with Crippen LogP contribution in [0, 0.1) is 0 Å². The molecule has 3 aromatic rings. The van der Waals surface area contributed by atoms with E-state index in [1.54, 1.807) is 12.1 Å². The Labute approximate surface area is 173 Å². The van der Waals surface area contributed by atoms with Crippen LogP contribution >= 0.6 is 0 Å². The summed E-state index contributed by atoms with van der Waals surface area (Å²) in [6.07, 6.45) is 2.80. The number of phenols is 1. The number of aromatic hydroxyl groups is 1. The number of nitrogens with one attached hydrogen (secondary N) is 2. The maximum absolute atomic E-state index is 12.5. The molecule has 10 heteroatoms. The molecule has 0 spiro atoms. The van der Waals surface area contributed by atoms with Crippen LogP contribution in [-0.4, -0.2) is 42.6 Å². The average Bonchev–Trinajstić information content (AvgIpc) is 2.74. The molecule has 1 atom stereocenters. The summed E-state index contributed by atoms with van der Waals surface area (Å²) in [5.74, 6) is 0.415. The van der Waals surface area contributed by atoms with Gasteiger partial charge in [0.1, 0.15) is 11.5 Å². The number of methoxy groups -OCH3 is 1. The van der Waals surface area contributed by atoms with Gasteiger partial charge in [-0.3, -0.25) is 4.79 Å². The first-order chi connectivity index (χ1) is 14.3. The minimum Gasteiger partial charge on any atom is -0.508 e. The third-order valence-electron chi connectivity index (χ3n) is 4.12. The lowest BCUT2D eigenvalue weighted by Gasteiger charge is -2.14. The van der Waals surface area contributed by atoms with Gasteiger partial charge in [-0.2, -0.15) is 4.72 Å². The average molecular weight is 428 g/mol. The second-order valence-corrected chi connectivity index (χ2v) is 8.07. The van der Waals surface area contributed by atoms with Gasteiger partial charge in [0.15, 0.2) is 5.82 Å². The topological polar surface area (TPSA) is 131 Å². The summed E-state index contributed by atoms with van der Waals surface area (Å²) in [6.45, 7) is 1.43. The molecule has 156 valence electrons. The Balaban J connectivity index is 1.64. The molecule has 0 bridgehead atoms. The van der Waals surface area contributed by atoms with E-state index in [0.29, 0.717) is 22.8 Å². The zero-order valence-corrected chi connectivity index (χ0v) is 17.1. The van der Waals surface area contributed by atoms with Gasteiger partial charge in [0.2, 0.25) is 15.9 Å². The largest absolute Gasteiger partial charge is 0.508 e. The molecular weight excluding hydrogens is 408 g/mol. The standard InChI is InChI=1S/C20H20N4O5S/c1-13(24-30(27,28)18-8-6-17(29-2)7-9-18)20(26)23-15-11-21-19(22-12-15)14-4-3-5-16(25)10-14/h3-13,24-25H,1-2H3,(H,23,26)/t13-/m0/s1. The van der Waals surface area contributed by atoms with Crippen LogP contribution < -0.4 is 14.8 Å². The van der Waals surface area contributed by atoms with Crippen LogP contribution in [0.4, 0.5) is 5.69 Å². The second kappa shape index (κ2) is 8.89. The number of benzene rings is 2. The number of nitrogens with zero attached hydrogens (tertiary/aromatic N) is 2. The summed E-state index contributed by atoms with van der Waals surface area (Å²) in [4.78, 5) is 20.7. The van der Waals surface area contributed by atoms with Gasteiger partial charge in [-0.15, -0.1) is 0 Å². The van der Waals surface area contributed by atoms with Crippen molar-refractivity contribution in [2.75, 3.05) is 12.4 Å². The lowest BCUT2D eigenvalue weighted by atomic mass is 10.2. The Morgan fingerprint density at radius 1 is 1.10 bits per heavy atom. The maximum atomic E-state index is 12.5. The summed E-state index contributed by atoms with van der Waals surface area (Å²) >= 11 is 0. The van der Waals surface area contributed by atoms with Crippen molar-refractivity contribution in [3.63, 3.8) is 0 Å². The monoisotopic (exact) mass is 428 g/mol. The van der Waals surface area contributed by atoms with E-state index in [0.717, 1.165) is 0 Å². The molecule has 0 unspecified atom stereocenters. The first kappa shape index (κ1) is 21.2. The molecule has 2 aromatic carbocycles.